The fourth-order valence-corrected chi connectivity index (χ4v) is 3.48. The number of ether oxygens (including phenoxy) is 2. The number of rotatable bonds is 8. The van der Waals surface area contributed by atoms with E-state index in [2.05, 4.69) is 41.4 Å². The van der Waals surface area contributed by atoms with Gasteiger partial charge >= 0.3 is 0 Å². The standard InChI is InChI=1S/C23H30N2O3/c1-3-27-21-8-10-22(11-9-21)28-17-23(26)24-20-12-14-25(15-13-20)16-19-7-5-4-6-18(19)2/h4-11,20H,3,12-17H2,1-2H3,(H,24,26). The monoisotopic (exact) mass is 382 g/mol. The molecule has 1 fully saturated rings. The van der Waals surface area contributed by atoms with Gasteiger partial charge in [-0.1, -0.05) is 24.3 Å². The van der Waals surface area contributed by atoms with Gasteiger partial charge in [-0.15, -0.1) is 0 Å². The Morgan fingerprint density at radius 2 is 1.68 bits per heavy atom. The number of hydrogen-bond donors (Lipinski definition) is 1. The van der Waals surface area contributed by atoms with E-state index in [0.29, 0.717) is 12.4 Å². The molecule has 1 amide bonds. The van der Waals surface area contributed by atoms with Crippen molar-refractivity contribution >= 4 is 5.91 Å². The zero-order chi connectivity index (χ0) is 19.8. The Labute approximate surface area is 167 Å². The van der Waals surface area contributed by atoms with Crippen LogP contribution in [0, 0.1) is 6.92 Å². The Hall–Kier alpha value is -2.53. The summed E-state index contributed by atoms with van der Waals surface area (Å²) in [5, 5.41) is 3.10. The van der Waals surface area contributed by atoms with Gasteiger partial charge in [0.25, 0.3) is 5.91 Å². The zero-order valence-electron chi connectivity index (χ0n) is 16.8. The third-order valence-corrected chi connectivity index (χ3v) is 5.11. The Balaban J connectivity index is 1.37. The summed E-state index contributed by atoms with van der Waals surface area (Å²) in [6.07, 6.45) is 1.95. The molecule has 0 atom stereocenters. The molecule has 0 radical (unpaired) electrons. The Kier molecular flexibility index (Phi) is 7.31. The molecule has 0 saturated carbocycles. The van der Waals surface area contributed by atoms with Gasteiger partial charge in [-0.25, -0.2) is 0 Å². The minimum Gasteiger partial charge on any atom is -0.494 e. The Morgan fingerprint density at radius 1 is 1.04 bits per heavy atom. The lowest BCUT2D eigenvalue weighted by Gasteiger charge is -2.32. The lowest BCUT2D eigenvalue weighted by atomic mass is 10.0. The molecule has 0 aromatic heterocycles. The first kappa shape index (κ1) is 20.2. The number of carbonyl (C=O) groups excluding carboxylic acids is 1. The number of benzene rings is 2. The normalized spacial score (nSPS) is 15.2. The predicted molar refractivity (Wildman–Crippen MR) is 111 cm³/mol. The second-order valence-corrected chi connectivity index (χ2v) is 7.24. The Bertz CT molecular complexity index is 753. The molecule has 1 saturated heterocycles. The summed E-state index contributed by atoms with van der Waals surface area (Å²) in [5.41, 5.74) is 2.72. The maximum atomic E-state index is 12.2. The van der Waals surface area contributed by atoms with Gasteiger partial charge in [0.15, 0.2) is 6.61 Å². The van der Waals surface area contributed by atoms with Gasteiger partial charge in [-0.2, -0.15) is 0 Å². The van der Waals surface area contributed by atoms with Gasteiger partial charge < -0.3 is 14.8 Å². The maximum absolute atomic E-state index is 12.2. The van der Waals surface area contributed by atoms with Gasteiger partial charge in [-0.05, 0) is 62.1 Å². The summed E-state index contributed by atoms with van der Waals surface area (Å²) < 4.78 is 11.0. The maximum Gasteiger partial charge on any atom is 0.258 e. The molecule has 5 heteroatoms. The molecule has 0 bridgehead atoms. The molecule has 2 aromatic carbocycles. The van der Waals surface area contributed by atoms with Crippen molar-refractivity contribution in [1.29, 1.82) is 0 Å². The molecule has 1 aliphatic rings. The third kappa shape index (κ3) is 5.99. The number of amides is 1. The molecular weight excluding hydrogens is 352 g/mol. The van der Waals surface area contributed by atoms with E-state index < -0.39 is 0 Å². The SMILES string of the molecule is CCOc1ccc(OCC(=O)NC2CCN(Cc3ccccc3C)CC2)cc1. The van der Waals surface area contributed by atoms with Crippen molar-refractivity contribution in [2.45, 2.75) is 39.3 Å². The van der Waals surface area contributed by atoms with Crippen molar-refractivity contribution in [3.05, 3.63) is 59.7 Å². The molecule has 3 rings (SSSR count). The first-order chi connectivity index (χ1) is 13.6. The third-order valence-electron chi connectivity index (χ3n) is 5.11. The van der Waals surface area contributed by atoms with E-state index in [0.717, 1.165) is 38.2 Å². The van der Waals surface area contributed by atoms with E-state index in [1.165, 1.54) is 11.1 Å². The predicted octanol–water partition coefficient (Wildman–Crippen LogP) is 3.55. The largest absolute Gasteiger partial charge is 0.494 e. The van der Waals surface area contributed by atoms with E-state index >= 15 is 0 Å². The van der Waals surface area contributed by atoms with Crippen molar-refractivity contribution < 1.29 is 14.3 Å². The van der Waals surface area contributed by atoms with Gasteiger partial charge in [0, 0.05) is 25.7 Å². The van der Waals surface area contributed by atoms with E-state index in [1.807, 2.05) is 31.2 Å². The van der Waals surface area contributed by atoms with Crippen LogP contribution < -0.4 is 14.8 Å². The van der Waals surface area contributed by atoms with Crippen molar-refractivity contribution in [2.75, 3.05) is 26.3 Å². The number of carbonyl (C=O) groups is 1. The molecule has 150 valence electrons. The van der Waals surface area contributed by atoms with Crippen LogP contribution in [0.5, 0.6) is 11.5 Å². The summed E-state index contributed by atoms with van der Waals surface area (Å²) in [4.78, 5) is 14.7. The van der Waals surface area contributed by atoms with Gasteiger partial charge in [-0.3, -0.25) is 9.69 Å². The van der Waals surface area contributed by atoms with E-state index in [4.69, 9.17) is 9.47 Å². The number of hydrogen-bond acceptors (Lipinski definition) is 4. The fraction of sp³-hybridized carbons (Fsp3) is 0.435. The number of aryl methyl sites for hydroxylation is 1. The molecule has 0 aliphatic carbocycles. The topological polar surface area (TPSA) is 50.8 Å². The second kappa shape index (κ2) is 10.1. The molecule has 1 N–H and O–H groups in total. The van der Waals surface area contributed by atoms with Gasteiger partial charge in [0.1, 0.15) is 11.5 Å². The highest BCUT2D eigenvalue weighted by Gasteiger charge is 2.21. The van der Waals surface area contributed by atoms with Crippen LogP contribution in [0.15, 0.2) is 48.5 Å². The fourth-order valence-electron chi connectivity index (χ4n) is 3.48. The number of nitrogens with zero attached hydrogens (tertiary/aromatic N) is 1. The van der Waals surface area contributed by atoms with Gasteiger partial charge in [0.2, 0.25) is 0 Å². The highest BCUT2D eigenvalue weighted by atomic mass is 16.5. The zero-order valence-corrected chi connectivity index (χ0v) is 16.8. The second-order valence-electron chi connectivity index (χ2n) is 7.24. The number of piperidine rings is 1. The quantitative estimate of drug-likeness (QED) is 0.759. The first-order valence-corrected chi connectivity index (χ1v) is 10.1. The first-order valence-electron chi connectivity index (χ1n) is 10.1. The molecule has 2 aromatic rings. The number of likely N-dealkylation sites (tertiary alicyclic amines) is 1. The molecule has 1 aliphatic heterocycles. The van der Waals surface area contributed by atoms with Crippen LogP contribution in [-0.4, -0.2) is 43.2 Å². The summed E-state index contributed by atoms with van der Waals surface area (Å²) in [5.74, 6) is 1.41. The molecule has 28 heavy (non-hydrogen) atoms. The summed E-state index contributed by atoms with van der Waals surface area (Å²) in [7, 11) is 0. The van der Waals surface area contributed by atoms with E-state index in [9.17, 15) is 4.79 Å². The lowest BCUT2D eigenvalue weighted by Crippen LogP contribution is -2.45. The van der Waals surface area contributed by atoms with Crippen molar-refractivity contribution in [1.82, 2.24) is 10.2 Å². The van der Waals surface area contributed by atoms with Crippen molar-refractivity contribution in [3.8, 4) is 11.5 Å². The van der Waals surface area contributed by atoms with Crippen LogP contribution in [0.25, 0.3) is 0 Å². The Morgan fingerprint density at radius 3 is 2.32 bits per heavy atom. The van der Waals surface area contributed by atoms with E-state index in [-0.39, 0.29) is 18.6 Å². The highest BCUT2D eigenvalue weighted by Crippen LogP contribution is 2.18. The summed E-state index contributed by atoms with van der Waals surface area (Å²) >= 11 is 0. The van der Waals surface area contributed by atoms with E-state index in [1.54, 1.807) is 0 Å². The summed E-state index contributed by atoms with van der Waals surface area (Å²) in [6.45, 7) is 7.75. The van der Waals surface area contributed by atoms with Crippen LogP contribution >= 0.6 is 0 Å². The molecular formula is C23H30N2O3. The number of nitrogens with one attached hydrogen (secondary N) is 1. The van der Waals surface area contributed by atoms with Crippen molar-refractivity contribution in [3.63, 3.8) is 0 Å². The van der Waals surface area contributed by atoms with Crippen LogP contribution in [-0.2, 0) is 11.3 Å². The minimum atomic E-state index is -0.0637. The van der Waals surface area contributed by atoms with Crippen LogP contribution in [0.2, 0.25) is 0 Å². The smallest absolute Gasteiger partial charge is 0.258 e. The lowest BCUT2D eigenvalue weighted by molar-refractivity contribution is -0.124. The van der Waals surface area contributed by atoms with Gasteiger partial charge in [0.05, 0.1) is 6.61 Å². The molecule has 1 heterocycles. The average Bonchev–Trinajstić information content (AvgIpc) is 2.71. The average molecular weight is 383 g/mol. The van der Waals surface area contributed by atoms with Crippen LogP contribution in [0.3, 0.4) is 0 Å². The van der Waals surface area contributed by atoms with Crippen molar-refractivity contribution in [2.24, 2.45) is 0 Å². The molecule has 5 nitrogen and oxygen atoms in total. The van der Waals surface area contributed by atoms with Crippen LogP contribution in [0.4, 0.5) is 0 Å². The minimum absolute atomic E-state index is 0.0391. The molecule has 0 unspecified atom stereocenters. The summed E-state index contributed by atoms with van der Waals surface area (Å²) in [6, 6.07) is 16.1. The highest BCUT2D eigenvalue weighted by molar-refractivity contribution is 5.77. The molecule has 0 spiro atoms. The van der Waals surface area contributed by atoms with Crippen LogP contribution in [0.1, 0.15) is 30.9 Å².